The Morgan fingerprint density at radius 3 is 2.39 bits per heavy atom. The van der Waals surface area contributed by atoms with Crippen molar-refractivity contribution in [1.29, 1.82) is 0 Å². The fraction of sp³-hybridized carbons (Fsp3) is 0.133. The molecular formula is C15H13NO7. The average Bonchev–Trinajstić information content (AvgIpc) is 2.45. The van der Waals surface area contributed by atoms with E-state index in [1.165, 1.54) is 24.3 Å². The monoisotopic (exact) mass is 319 g/mol. The van der Waals surface area contributed by atoms with Crippen molar-refractivity contribution in [3.63, 3.8) is 0 Å². The summed E-state index contributed by atoms with van der Waals surface area (Å²) in [6, 6.07) is 7.35. The van der Waals surface area contributed by atoms with Crippen molar-refractivity contribution in [1.82, 2.24) is 0 Å². The van der Waals surface area contributed by atoms with E-state index in [4.69, 9.17) is 0 Å². The van der Waals surface area contributed by atoms with Crippen molar-refractivity contribution in [3.05, 3.63) is 57.6 Å². The van der Waals surface area contributed by atoms with Crippen LogP contribution in [0.3, 0.4) is 0 Å². The molecule has 1 unspecified atom stereocenters. The largest absolute Gasteiger partial charge is 0.508 e. The van der Waals surface area contributed by atoms with Gasteiger partial charge < -0.3 is 20.4 Å². The van der Waals surface area contributed by atoms with Gasteiger partial charge in [-0.1, -0.05) is 12.1 Å². The number of phenols is 3. The van der Waals surface area contributed by atoms with E-state index >= 15 is 0 Å². The standard InChI is InChI=1S/C15H13NO7/c17-10-3-1-2-8(4-10)11(15(20)21)5-9-6-12(16(22)23)14(19)7-13(9)18/h1-4,6-7,11,17-19H,5H2,(H,20,21). The first-order chi connectivity index (χ1) is 10.8. The molecular weight excluding hydrogens is 306 g/mol. The maximum atomic E-state index is 11.5. The topological polar surface area (TPSA) is 141 Å². The van der Waals surface area contributed by atoms with Gasteiger partial charge in [-0.15, -0.1) is 0 Å². The van der Waals surface area contributed by atoms with Crippen molar-refractivity contribution in [2.24, 2.45) is 0 Å². The third kappa shape index (κ3) is 3.49. The lowest BCUT2D eigenvalue weighted by Gasteiger charge is -2.14. The molecule has 2 aromatic carbocycles. The minimum atomic E-state index is -1.22. The maximum absolute atomic E-state index is 11.5. The quantitative estimate of drug-likeness (QED) is 0.488. The Kier molecular flexibility index (Phi) is 4.35. The van der Waals surface area contributed by atoms with Gasteiger partial charge in [0.2, 0.25) is 0 Å². The normalized spacial score (nSPS) is 11.8. The van der Waals surface area contributed by atoms with E-state index in [9.17, 15) is 35.3 Å². The van der Waals surface area contributed by atoms with Crippen LogP contribution in [0, 0.1) is 10.1 Å². The van der Waals surface area contributed by atoms with Crippen LogP contribution in [-0.2, 0) is 11.2 Å². The van der Waals surface area contributed by atoms with Gasteiger partial charge in [0.25, 0.3) is 0 Å². The van der Waals surface area contributed by atoms with E-state index in [-0.39, 0.29) is 23.3 Å². The van der Waals surface area contributed by atoms with Crippen LogP contribution in [-0.4, -0.2) is 31.3 Å². The van der Waals surface area contributed by atoms with Gasteiger partial charge in [0.05, 0.1) is 10.8 Å². The van der Waals surface area contributed by atoms with Gasteiger partial charge in [0.15, 0.2) is 5.75 Å². The number of hydrogen-bond acceptors (Lipinski definition) is 6. The highest BCUT2D eigenvalue weighted by molar-refractivity contribution is 5.77. The lowest BCUT2D eigenvalue weighted by Crippen LogP contribution is -2.14. The zero-order chi connectivity index (χ0) is 17.1. The molecule has 0 fully saturated rings. The number of carboxylic acids is 1. The minimum Gasteiger partial charge on any atom is -0.508 e. The second-order valence-corrected chi connectivity index (χ2v) is 4.92. The van der Waals surface area contributed by atoms with Gasteiger partial charge in [0, 0.05) is 17.7 Å². The minimum absolute atomic E-state index is 0.00485. The summed E-state index contributed by atoms with van der Waals surface area (Å²) >= 11 is 0. The highest BCUT2D eigenvalue weighted by atomic mass is 16.6. The Labute approximate surface area is 130 Å². The molecule has 120 valence electrons. The van der Waals surface area contributed by atoms with Crippen LogP contribution in [0.5, 0.6) is 17.2 Å². The molecule has 0 radical (unpaired) electrons. The zero-order valence-corrected chi connectivity index (χ0v) is 11.7. The van der Waals surface area contributed by atoms with E-state index in [0.717, 1.165) is 12.1 Å². The Bertz CT molecular complexity index is 772. The fourth-order valence-corrected chi connectivity index (χ4v) is 2.23. The third-order valence-corrected chi connectivity index (χ3v) is 3.37. The van der Waals surface area contributed by atoms with Gasteiger partial charge in [-0.2, -0.15) is 0 Å². The number of nitro benzene ring substituents is 1. The SMILES string of the molecule is O=C(O)C(Cc1cc([N+](=O)[O-])c(O)cc1O)c1cccc(O)c1. The maximum Gasteiger partial charge on any atom is 0.311 e. The van der Waals surface area contributed by atoms with E-state index in [2.05, 4.69) is 0 Å². The molecule has 0 spiro atoms. The van der Waals surface area contributed by atoms with Crippen molar-refractivity contribution < 1.29 is 30.1 Å². The van der Waals surface area contributed by atoms with Gasteiger partial charge in [-0.05, 0) is 24.1 Å². The first-order valence-electron chi connectivity index (χ1n) is 6.50. The van der Waals surface area contributed by atoms with Crippen LogP contribution in [0.4, 0.5) is 5.69 Å². The molecule has 0 heterocycles. The van der Waals surface area contributed by atoms with E-state index < -0.39 is 34.0 Å². The molecule has 0 aromatic heterocycles. The van der Waals surface area contributed by atoms with Crippen LogP contribution in [0.25, 0.3) is 0 Å². The van der Waals surface area contributed by atoms with Crippen LogP contribution in [0.15, 0.2) is 36.4 Å². The summed E-state index contributed by atoms with van der Waals surface area (Å²) in [4.78, 5) is 21.5. The first-order valence-corrected chi connectivity index (χ1v) is 6.50. The highest BCUT2D eigenvalue weighted by Gasteiger charge is 2.25. The van der Waals surface area contributed by atoms with E-state index in [0.29, 0.717) is 0 Å². The molecule has 0 saturated heterocycles. The molecule has 2 rings (SSSR count). The number of phenolic OH excluding ortho intramolecular Hbond substituents is 3. The summed E-state index contributed by atoms with van der Waals surface area (Å²) < 4.78 is 0. The van der Waals surface area contributed by atoms with Crippen LogP contribution in [0.2, 0.25) is 0 Å². The summed E-state index contributed by atoms with van der Waals surface area (Å²) in [7, 11) is 0. The number of carboxylic acid groups (broad SMARTS) is 1. The lowest BCUT2D eigenvalue weighted by molar-refractivity contribution is -0.385. The molecule has 0 aliphatic rings. The number of benzene rings is 2. The molecule has 0 bridgehead atoms. The second kappa shape index (κ2) is 6.22. The Balaban J connectivity index is 2.43. The average molecular weight is 319 g/mol. The summed E-state index contributed by atoms with van der Waals surface area (Å²) in [5, 5.41) is 48.9. The summed E-state index contributed by atoms with van der Waals surface area (Å²) in [5.74, 6) is -3.61. The highest BCUT2D eigenvalue weighted by Crippen LogP contribution is 2.35. The van der Waals surface area contributed by atoms with Gasteiger partial charge in [0.1, 0.15) is 11.5 Å². The molecule has 23 heavy (non-hydrogen) atoms. The Hall–Kier alpha value is -3.29. The number of rotatable bonds is 5. The van der Waals surface area contributed by atoms with E-state index in [1.807, 2.05) is 0 Å². The summed E-state index contributed by atoms with van der Waals surface area (Å²) in [6.07, 6.45) is -0.244. The lowest BCUT2D eigenvalue weighted by atomic mass is 9.91. The Morgan fingerprint density at radius 1 is 1.13 bits per heavy atom. The number of hydrogen-bond donors (Lipinski definition) is 4. The second-order valence-electron chi connectivity index (χ2n) is 4.92. The summed E-state index contributed by atoms with van der Waals surface area (Å²) in [5.41, 5.74) is -0.337. The Morgan fingerprint density at radius 2 is 1.83 bits per heavy atom. The molecule has 8 heteroatoms. The van der Waals surface area contributed by atoms with Crippen molar-refractivity contribution in [2.75, 3.05) is 0 Å². The third-order valence-electron chi connectivity index (χ3n) is 3.37. The number of nitro groups is 1. The number of aliphatic carboxylic acids is 1. The van der Waals surface area contributed by atoms with Gasteiger partial charge >= 0.3 is 11.7 Å². The first kappa shape index (κ1) is 16.1. The number of nitrogens with zero attached hydrogens (tertiary/aromatic N) is 1. The molecule has 2 aromatic rings. The van der Waals surface area contributed by atoms with Crippen molar-refractivity contribution >= 4 is 11.7 Å². The van der Waals surface area contributed by atoms with Crippen molar-refractivity contribution in [2.45, 2.75) is 12.3 Å². The molecule has 8 nitrogen and oxygen atoms in total. The van der Waals surface area contributed by atoms with Crippen LogP contribution in [0.1, 0.15) is 17.0 Å². The molecule has 1 atom stereocenters. The molecule has 0 saturated carbocycles. The molecule has 0 amide bonds. The molecule has 4 N–H and O–H groups in total. The summed E-state index contributed by atoms with van der Waals surface area (Å²) in [6.45, 7) is 0. The predicted octanol–water partition coefficient (Wildman–Crippen LogP) is 2.12. The smallest absolute Gasteiger partial charge is 0.311 e. The van der Waals surface area contributed by atoms with E-state index in [1.54, 1.807) is 0 Å². The predicted molar refractivity (Wildman–Crippen MR) is 78.6 cm³/mol. The molecule has 0 aliphatic carbocycles. The van der Waals surface area contributed by atoms with Gasteiger partial charge in [-0.25, -0.2) is 0 Å². The number of carbonyl (C=O) groups is 1. The van der Waals surface area contributed by atoms with Crippen LogP contribution < -0.4 is 0 Å². The fourth-order valence-electron chi connectivity index (χ4n) is 2.23. The number of aromatic hydroxyl groups is 3. The van der Waals surface area contributed by atoms with Crippen molar-refractivity contribution in [3.8, 4) is 17.2 Å². The zero-order valence-electron chi connectivity index (χ0n) is 11.7. The molecule has 0 aliphatic heterocycles. The van der Waals surface area contributed by atoms with Gasteiger partial charge in [-0.3, -0.25) is 14.9 Å². The van der Waals surface area contributed by atoms with Crippen LogP contribution >= 0.6 is 0 Å².